The fourth-order valence-electron chi connectivity index (χ4n) is 4.42. The number of nitrogens with zero attached hydrogens (tertiary/aromatic N) is 2. The number of anilines is 2. The van der Waals surface area contributed by atoms with Crippen molar-refractivity contribution in [3.8, 4) is 5.75 Å². The predicted octanol–water partition coefficient (Wildman–Crippen LogP) is 1.60. The van der Waals surface area contributed by atoms with Crippen molar-refractivity contribution < 1.29 is 24.1 Å². The minimum atomic E-state index is -0.872. The molecule has 4 N–H and O–H groups in total. The van der Waals surface area contributed by atoms with E-state index in [2.05, 4.69) is 15.5 Å². The van der Waals surface area contributed by atoms with Gasteiger partial charge in [-0.3, -0.25) is 4.79 Å². The molecule has 2 aromatic carbocycles. The summed E-state index contributed by atoms with van der Waals surface area (Å²) in [4.78, 5) is 16.0. The molecular weight excluding hydrogens is 415 g/mol. The van der Waals surface area contributed by atoms with Gasteiger partial charge in [0.05, 0.1) is 16.9 Å². The predicted molar refractivity (Wildman–Crippen MR) is 119 cm³/mol. The maximum Gasteiger partial charge on any atom is 0.254 e. The van der Waals surface area contributed by atoms with Gasteiger partial charge in [0, 0.05) is 32.7 Å². The van der Waals surface area contributed by atoms with Crippen molar-refractivity contribution in [2.24, 2.45) is 0 Å². The number of fused-ring (bicyclic) bond motifs is 1. The summed E-state index contributed by atoms with van der Waals surface area (Å²) in [5, 5.41) is 26.4. The third-order valence-corrected chi connectivity index (χ3v) is 5.99. The van der Waals surface area contributed by atoms with Crippen LogP contribution in [0.2, 0.25) is 0 Å². The average Bonchev–Trinajstić information content (AvgIpc) is 3.12. The summed E-state index contributed by atoms with van der Waals surface area (Å²) in [5.41, 5.74) is 1.84. The Balaban J connectivity index is 1.27. The summed E-state index contributed by atoms with van der Waals surface area (Å²) in [6, 6.07) is 11.5. The molecule has 0 aromatic heterocycles. The van der Waals surface area contributed by atoms with Crippen LogP contribution in [-0.2, 0) is 0 Å². The number of nitrogens with one attached hydrogen (secondary N) is 2. The number of amides is 1. The Kier molecular flexibility index (Phi) is 6.78. The van der Waals surface area contributed by atoms with E-state index in [0.717, 1.165) is 31.6 Å². The van der Waals surface area contributed by atoms with Gasteiger partial charge in [-0.05, 0) is 43.2 Å². The number of carbonyl (C=O) groups excluding carboxylic acids is 1. The van der Waals surface area contributed by atoms with Crippen molar-refractivity contribution in [3.63, 3.8) is 0 Å². The molecule has 2 aliphatic heterocycles. The minimum Gasteiger partial charge on any atom is -0.490 e. The summed E-state index contributed by atoms with van der Waals surface area (Å²) < 4.78 is 19.2. The fraction of sp³-hybridized carbons (Fsp3) is 0.435. The lowest BCUT2D eigenvalue weighted by Crippen LogP contribution is -2.50. The molecule has 172 valence electrons. The molecular formula is C23H29FN4O4. The number of likely N-dealkylation sites (tertiary alicyclic amines) is 1. The number of carbonyl (C=O) groups is 1. The topological polar surface area (TPSA) is 97.3 Å². The van der Waals surface area contributed by atoms with Crippen LogP contribution in [0.15, 0.2) is 42.5 Å². The summed E-state index contributed by atoms with van der Waals surface area (Å²) >= 11 is 0. The van der Waals surface area contributed by atoms with Crippen molar-refractivity contribution in [3.05, 3.63) is 53.8 Å². The molecule has 0 saturated carbocycles. The van der Waals surface area contributed by atoms with Gasteiger partial charge in [0.2, 0.25) is 6.35 Å². The SMILES string of the molecule is CNC(=O)c1ccccc1OCC(O)CN1CCC(N2c3ccc(F)cc3NC2O)CC1. The number of benzene rings is 2. The van der Waals surface area contributed by atoms with E-state index in [-0.39, 0.29) is 24.4 Å². The molecule has 1 saturated heterocycles. The maximum atomic E-state index is 13.5. The highest BCUT2D eigenvalue weighted by molar-refractivity contribution is 5.96. The van der Waals surface area contributed by atoms with Gasteiger partial charge in [0.1, 0.15) is 24.3 Å². The normalized spacial score (nSPS) is 19.9. The molecule has 8 nitrogen and oxygen atoms in total. The lowest BCUT2D eigenvalue weighted by Gasteiger charge is -2.39. The van der Waals surface area contributed by atoms with Crippen molar-refractivity contribution in [2.75, 3.05) is 43.5 Å². The Bertz CT molecular complexity index is 951. The van der Waals surface area contributed by atoms with Gasteiger partial charge in [0.15, 0.2) is 0 Å². The third kappa shape index (κ3) is 4.79. The smallest absolute Gasteiger partial charge is 0.254 e. The molecule has 0 radical (unpaired) electrons. The van der Waals surface area contributed by atoms with Crippen LogP contribution in [0.1, 0.15) is 23.2 Å². The van der Waals surface area contributed by atoms with Crippen LogP contribution in [-0.4, -0.2) is 72.8 Å². The number of aliphatic hydroxyl groups excluding tert-OH is 2. The molecule has 1 fully saturated rings. The van der Waals surface area contributed by atoms with Crippen molar-refractivity contribution in [1.82, 2.24) is 10.2 Å². The molecule has 0 bridgehead atoms. The number of ether oxygens (including phenoxy) is 1. The second-order valence-corrected chi connectivity index (χ2v) is 8.16. The van der Waals surface area contributed by atoms with Gasteiger partial charge < -0.3 is 35.4 Å². The van der Waals surface area contributed by atoms with Crippen LogP contribution in [0.3, 0.4) is 0 Å². The molecule has 0 spiro atoms. The van der Waals surface area contributed by atoms with E-state index in [1.165, 1.54) is 12.1 Å². The molecule has 2 aliphatic rings. The summed E-state index contributed by atoms with van der Waals surface area (Å²) in [7, 11) is 1.56. The zero-order valence-corrected chi connectivity index (χ0v) is 18.0. The number of para-hydroxylation sites is 1. The van der Waals surface area contributed by atoms with Gasteiger partial charge in [-0.15, -0.1) is 0 Å². The number of rotatable bonds is 7. The molecule has 1 amide bonds. The average molecular weight is 445 g/mol. The third-order valence-electron chi connectivity index (χ3n) is 5.99. The van der Waals surface area contributed by atoms with Crippen LogP contribution in [0, 0.1) is 5.82 Å². The van der Waals surface area contributed by atoms with E-state index in [1.807, 2.05) is 4.90 Å². The number of hydrogen-bond donors (Lipinski definition) is 4. The first-order valence-electron chi connectivity index (χ1n) is 10.8. The minimum absolute atomic E-state index is 0.0850. The van der Waals surface area contributed by atoms with Gasteiger partial charge in [-0.2, -0.15) is 0 Å². The lowest BCUT2D eigenvalue weighted by atomic mass is 10.0. The summed E-state index contributed by atoms with van der Waals surface area (Å²) in [5.74, 6) is -0.135. The van der Waals surface area contributed by atoms with Crippen LogP contribution in [0.5, 0.6) is 5.75 Å². The van der Waals surface area contributed by atoms with E-state index in [4.69, 9.17) is 4.74 Å². The van der Waals surface area contributed by atoms with Crippen LogP contribution < -0.4 is 20.3 Å². The molecule has 2 atom stereocenters. The Morgan fingerprint density at radius 1 is 1.28 bits per heavy atom. The second kappa shape index (κ2) is 9.72. The quantitative estimate of drug-likeness (QED) is 0.515. The first-order valence-corrected chi connectivity index (χ1v) is 10.8. The van der Waals surface area contributed by atoms with E-state index >= 15 is 0 Å². The first kappa shape index (κ1) is 22.3. The maximum absolute atomic E-state index is 13.5. The van der Waals surface area contributed by atoms with E-state index in [0.29, 0.717) is 23.5 Å². The van der Waals surface area contributed by atoms with Crippen molar-refractivity contribution >= 4 is 17.3 Å². The van der Waals surface area contributed by atoms with Crippen molar-refractivity contribution in [1.29, 1.82) is 0 Å². The number of piperidine rings is 1. The van der Waals surface area contributed by atoms with Gasteiger partial charge in [-0.25, -0.2) is 4.39 Å². The Hall–Kier alpha value is -2.88. The van der Waals surface area contributed by atoms with Gasteiger partial charge in [0.25, 0.3) is 5.91 Å². The molecule has 2 aromatic rings. The Morgan fingerprint density at radius 2 is 2.03 bits per heavy atom. The number of hydrogen-bond acceptors (Lipinski definition) is 7. The van der Waals surface area contributed by atoms with Crippen LogP contribution >= 0.6 is 0 Å². The van der Waals surface area contributed by atoms with Crippen LogP contribution in [0.25, 0.3) is 0 Å². The summed E-state index contributed by atoms with van der Waals surface area (Å²) in [6.07, 6.45) is 0.0421. The Morgan fingerprint density at radius 3 is 2.78 bits per heavy atom. The first-order chi connectivity index (χ1) is 15.5. The standard InChI is InChI=1S/C23H29FN4O4/c1-25-22(30)18-4-2-3-5-21(18)32-14-17(29)13-27-10-8-16(9-11-27)28-20-7-6-15(24)12-19(20)26-23(28)31/h2-7,12,16-17,23,26,29,31H,8-11,13-14H2,1H3,(H,25,30). The second-order valence-electron chi connectivity index (χ2n) is 8.16. The Labute approximate surface area is 186 Å². The number of β-amino-alcohol motifs (C(OH)–C–C–N with tert-alkyl or cyclic N) is 1. The molecule has 9 heteroatoms. The van der Waals surface area contributed by atoms with Crippen LogP contribution in [0.4, 0.5) is 15.8 Å². The van der Waals surface area contributed by atoms with E-state index < -0.39 is 12.5 Å². The monoisotopic (exact) mass is 444 g/mol. The number of halogens is 1. The van der Waals surface area contributed by atoms with Gasteiger partial charge in [-0.1, -0.05) is 12.1 Å². The number of aliphatic hydroxyl groups is 2. The van der Waals surface area contributed by atoms with Crippen molar-refractivity contribution in [2.45, 2.75) is 31.3 Å². The van der Waals surface area contributed by atoms with Gasteiger partial charge >= 0.3 is 0 Å². The highest BCUT2D eigenvalue weighted by atomic mass is 19.1. The lowest BCUT2D eigenvalue weighted by molar-refractivity contribution is 0.0566. The largest absolute Gasteiger partial charge is 0.490 e. The summed E-state index contributed by atoms with van der Waals surface area (Å²) in [6.45, 7) is 2.06. The molecule has 2 unspecified atom stereocenters. The highest BCUT2D eigenvalue weighted by Gasteiger charge is 2.35. The van der Waals surface area contributed by atoms with E-state index in [9.17, 15) is 19.4 Å². The fourth-order valence-corrected chi connectivity index (χ4v) is 4.42. The molecule has 4 rings (SSSR count). The molecule has 2 heterocycles. The highest BCUT2D eigenvalue weighted by Crippen LogP contribution is 2.37. The molecule has 32 heavy (non-hydrogen) atoms. The molecule has 0 aliphatic carbocycles. The van der Waals surface area contributed by atoms with E-state index in [1.54, 1.807) is 37.4 Å². The zero-order chi connectivity index (χ0) is 22.7. The zero-order valence-electron chi connectivity index (χ0n) is 18.0.